The van der Waals surface area contributed by atoms with E-state index in [0.717, 1.165) is 4.47 Å². The van der Waals surface area contributed by atoms with Gasteiger partial charge in [-0.3, -0.25) is 19.7 Å². The molecule has 0 bridgehead atoms. The van der Waals surface area contributed by atoms with Gasteiger partial charge in [-0.05, 0) is 23.8 Å². The van der Waals surface area contributed by atoms with Crippen molar-refractivity contribution in [1.82, 2.24) is 20.5 Å². The van der Waals surface area contributed by atoms with E-state index in [4.69, 9.17) is 5.11 Å². The summed E-state index contributed by atoms with van der Waals surface area (Å²) in [4.78, 5) is 27.8. The summed E-state index contributed by atoms with van der Waals surface area (Å²) in [6.07, 6.45) is 2.79. The number of benzene rings is 1. The number of carbonyl (C=O) groups excluding carboxylic acids is 1. The van der Waals surface area contributed by atoms with Crippen LogP contribution in [0.4, 0.5) is 0 Å². The zero-order chi connectivity index (χ0) is 17.1. The van der Waals surface area contributed by atoms with Crippen LogP contribution in [0.15, 0.2) is 47.2 Å². The molecule has 24 heavy (non-hydrogen) atoms. The standard InChI is InChI=1S/C16H13BrN4O3/c17-10-3-1-9(2-4-10)13(7-14(22)23)20-16(24)15-11-8-19-21-12(11)5-6-18-15/h1-6,8,13H,7H2,(H,19,21)(H,20,24)(H,22,23)/t13-/m1/s1. The lowest BCUT2D eigenvalue weighted by Gasteiger charge is -2.17. The molecule has 1 amide bonds. The fourth-order valence-electron chi connectivity index (χ4n) is 2.40. The number of rotatable bonds is 5. The van der Waals surface area contributed by atoms with Gasteiger partial charge in [-0.2, -0.15) is 5.10 Å². The van der Waals surface area contributed by atoms with Crippen LogP contribution in [0.2, 0.25) is 0 Å². The Morgan fingerprint density at radius 2 is 2.00 bits per heavy atom. The molecule has 3 N–H and O–H groups in total. The van der Waals surface area contributed by atoms with E-state index in [1.54, 1.807) is 30.3 Å². The summed E-state index contributed by atoms with van der Waals surface area (Å²) >= 11 is 3.33. The van der Waals surface area contributed by atoms with Crippen LogP contribution in [0, 0.1) is 0 Å². The Morgan fingerprint density at radius 3 is 2.71 bits per heavy atom. The number of carbonyl (C=O) groups is 2. The van der Waals surface area contributed by atoms with Crippen molar-refractivity contribution >= 4 is 38.7 Å². The maximum atomic E-state index is 12.6. The number of halogens is 1. The Kier molecular flexibility index (Phi) is 4.57. The molecule has 3 rings (SSSR count). The van der Waals surface area contributed by atoms with Crippen LogP contribution in [0.5, 0.6) is 0 Å². The third-order valence-electron chi connectivity index (χ3n) is 3.54. The number of nitrogens with one attached hydrogen (secondary N) is 2. The highest BCUT2D eigenvalue weighted by atomic mass is 79.9. The van der Waals surface area contributed by atoms with Crippen LogP contribution in [-0.2, 0) is 4.79 Å². The third kappa shape index (κ3) is 3.43. The molecule has 2 aromatic heterocycles. The molecule has 8 heteroatoms. The number of carboxylic acid groups (broad SMARTS) is 1. The van der Waals surface area contributed by atoms with Gasteiger partial charge < -0.3 is 10.4 Å². The zero-order valence-electron chi connectivity index (χ0n) is 12.4. The zero-order valence-corrected chi connectivity index (χ0v) is 13.9. The Balaban J connectivity index is 1.89. The third-order valence-corrected chi connectivity index (χ3v) is 4.07. The van der Waals surface area contributed by atoms with E-state index < -0.39 is 17.9 Å². The van der Waals surface area contributed by atoms with Gasteiger partial charge in [0.2, 0.25) is 0 Å². The molecule has 0 radical (unpaired) electrons. The topological polar surface area (TPSA) is 108 Å². The van der Waals surface area contributed by atoms with Crippen molar-refractivity contribution < 1.29 is 14.7 Å². The van der Waals surface area contributed by atoms with Gasteiger partial charge in [0.25, 0.3) is 5.91 Å². The number of carboxylic acids is 1. The molecule has 2 heterocycles. The van der Waals surface area contributed by atoms with Crippen LogP contribution < -0.4 is 5.32 Å². The lowest BCUT2D eigenvalue weighted by atomic mass is 10.0. The predicted octanol–water partition coefficient (Wildman–Crippen LogP) is 2.67. The number of amides is 1. The molecule has 0 saturated heterocycles. The largest absolute Gasteiger partial charge is 0.481 e. The van der Waals surface area contributed by atoms with Gasteiger partial charge in [-0.25, -0.2) is 0 Å². The first-order valence-corrected chi connectivity index (χ1v) is 7.90. The Bertz CT molecular complexity index is 892. The van der Waals surface area contributed by atoms with E-state index in [1.165, 1.54) is 12.4 Å². The van der Waals surface area contributed by atoms with Crippen molar-refractivity contribution in [3.8, 4) is 0 Å². The second-order valence-corrected chi connectivity index (χ2v) is 6.08. The molecule has 0 aliphatic carbocycles. The van der Waals surface area contributed by atoms with Crippen LogP contribution in [0.25, 0.3) is 10.9 Å². The molecule has 0 aliphatic rings. The molecular weight excluding hydrogens is 376 g/mol. The summed E-state index contributed by atoms with van der Waals surface area (Å²) in [6.45, 7) is 0. The minimum Gasteiger partial charge on any atom is -0.481 e. The van der Waals surface area contributed by atoms with Gasteiger partial charge in [0, 0.05) is 10.7 Å². The number of aromatic amines is 1. The molecule has 0 aliphatic heterocycles. The molecule has 0 fully saturated rings. The summed E-state index contributed by atoms with van der Waals surface area (Å²) < 4.78 is 0.872. The quantitative estimate of drug-likeness (QED) is 0.622. The second kappa shape index (κ2) is 6.79. The molecule has 1 atom stereocenters. The van der Waals surface area contributed by atoms with Gasteiger partial charge >= 0.3 is 5.97 Å². The minimum absolute atomic E-state index is 0.203. The smallest absolute Gasteiger partial charge is 0.305 e. The Morgan fingerprint density at radius 1 is 1.25 bits per heavy atom. The molecule has 7 nitrogen and oxygen atoms in total. The SMILES string of the molecule is O=C(O)C[C@@H](NC(=O)c1nccc2[nH]ncc12)c1ccc(Br)cc1. The number of H-pyrrole nitrogens is 1. The van der Waals surface area contributed by atoms with E-state index in [1.807, 2.05) is 0 Å². The van der Waals surface area contributed by atoms with E-state index >= 15 is 0 Å². The highest BCUT2D eigenvalue weighted by molar-refractivity contribution is 9.10. The fourth-order valence-corrected chi connectivity index (χ4v) is 2.66. The maximum Gasteiger partial charge on any atom is 0.305 e. The van der Waals surface area contributed by atoms with Gasteiger partial charge in [-0.1, -0.05) is 28.1 Å². The molecule has 0 saturated carbocycles. The van der Waals surface area contributed by atoms with Gasteiger partial charge in [0.05, 0.1) is 29.6 Å². The van der Waals surface area contributed by atoms with E-state index in [2.05, 4.69) is 36.4 Å². The van der Waals surface area contributed by atoms with Crippen LogP contribution in [0.1, 0.15) is 28.5 Å². The van der Waals surface area contributed by atoms with Gasteiger partial charge in [-0.15, -0.1) is 0 Å². The molecular formula is C16H13BrN4O3. The highest BCUT2D eigenvalue weighted by Crippen LogP contribution is 2.21. The summed E-state index contributed by atoms with van der Waals surface area (Å²) in [5.41, 5.74) is 1.59. The Labute approximate surface area is 145 Å². The van der Waals surface area contributed by atoms with Crippen molar-refractivity contribution in [3.05, 3.63) is 58.5 Å². The van der Waals surface area contributed by atoms with E-state index in [9.17, 15) is 9.59 Å². The van der Waals surface area contributed by atoms with E-state index in [-0.39, 0.29) is 12.1 Å². The molecule has 0 unspecified atom stereocenters. The number of hydrogen-bond donors (Lipinski definition) is 3. The first-order valence-electron chi connectivity index (χ1n) is 7.11. The Hall–Kier alpha value is -2.74. The number of nitrogens with zero attached hydrogens (tertiary/aromatic N) is 2. The number of aliphatic carboxylic acids is 1. The molecule has 1 aromatic carbocycles. The summed E-state index contributed by atoms with van der Waals surface area (Å²) in [5, 5.41) is 19.1. The first kappa shape index (κ1) is 16.1. The van der Waals surface area contributed by atoms with Crippen LogP contribution >= 0.6 is 15.9 Å². The van der Waals surface area contributed by atoms with Crippen molar-refractivity contribution in [2.75, 3.05) is 0 Å². The predicted molar refractivity (Wildman–Crippen MR) is 90.5 cm³/mol. The number of fused-ring (bicyclic) bond motifs is 1. The van der Waals surface area contributed by atoms with Crippen molar-refractivity contribution in [2.24, 2.45) is 0 Å². The lowest BCUT2D eigenvalue weighted by molar-refractivity contribution is -0.137. The number of aromatic nitrogens is 3. The average Bonchev–Trinajstić information content (AvgIpc) is 3.03. The summed E-state index contributed by atoms with van der Waals surface area (Å²) in [5.74, 6) is -1.45. The average molecular weight is 389 g/mol. The van der Waals surface area contributed by atoms with Crippen molar-refractivity contribution in [1.29, 1.82) is 0 Å². The van der Waals surface area contributed by atoms with Crippen molar-refractivity contribution in [2.45, 2.75) is 12.5 Å². The van der Waals surface area contributed by atoms with Gasteiger partial charge in [0.15, 0.2) is 0 Å². The molecule has 0 spiro atoms. The van der Waals surface area contributed by atoms with Crippen LogP contribution in [0.3, 0.4) is 0 Å². The second-order valence-electron chi connectivity index (χ2n) is 5.17. The minimum atomic E-state index is -1.00. The monoisotopic (exact) mass is 388 g/mol. The fraction of sp³-hybridized carbons (Fsp3) is 0.125. The molecule has 3 aromatic rings. The maximum absolute atomic E-state index is 12.6. The number of hydrogen-bond acceptors (Lipinski definition) is 4. The number of pyridine rings is 1. The van der Waals surface area contributed by atoms with Crippen molar-refractivity contribution in [3.63, 3.8) is 0 Å². The first-order chi connectivity index (χ1) is 11.5. The summed E-state index contributed by atoms with van der Waals surface area (Å²) in [7, 11) is 0. The van der Waals surface area contributed by atoms with E-state index in [0.29, 0.717) is 16.5 Å². The normalized spacial score (nSPS) is 12.0. The summed E-state index contributed by atoms with van der Waals surface area (Å²) in [6, 6.07) is 8.18. The highest BCUT2D eigenvalue weighted by Gasteiger charge is 2.21. The lowest BCUT2D eigenvalue weighted by Crippen LogP contribution is -2.30. The molecule has 122 valence electrons. The van der Waals surface area contributed by atoms with Gasteiger partial charge in [0.1, 0.15) is 5.69 Å². The van der Waals surface area contributed by atoms with Crippen LogP contribution in [-0.4, -0.2) is 32.2 Å².